The fourth-order valence-electron chi connectivity index (χ4n) is 5.01. The van der Waals surface area contributed by atoms with E-state index in [9.17, 15) is 4.79 Å². The summed E-state index contributed by atoms with van der Waals surface area (Å²) in [6.45, 7) is 0.875. The lowest BCUT2D eigenvalue weighted by molar-refractivity contribution is 0.1000. The van der Waals surface area contributed by atoms with Gasteiger partial charge in [0, 0.05) is 30.2 Å². The van der Waals surface area contributed by atoms with Crippen LogP contribution >= 0.6 is 0 Å². The van der Waals surface area contributed by atoms with Crippen LogP contribution in [0.15, 0.2) is 54.7 Å². The van der Waals surface area contributed by atoms with Crippen molar-refractivity contribution < 1.29 is 9.53 Å². The maximum Gasteiger partial charge on any atom is 0.250 e. The lowest BCUT2D eigenvalue weighted by atomic mass is 9.95. The molecule has 1 amide bonds. The average molecular weight is 387 g/mol. The van der Waals surface area contributed by atoms with Crippen LogP contribution in [0.4, 0.5) is 0 Å². The first kappa shape index (κ1) is 18.1. The summed E-state index contributed by atoms with van der Waals surface area (Å²) in [4.78, 5) is 15.4. The number of hydrogen-bond acceptors (Lipinski definition) is 4. The topological polar surface area (TPSA) is 77.2 Å². The fourth-order valence-corrected chi connectivity index (χ4v) is 5.01. The molecule has 0 radical (unpaired) electrons. The van der Waals surface area contributed by atoms with Crippen LogP contribution in [0.3, 0.4) is 0 Å². The van der Waals surface area contributed by atoms with Crippen molar-refractivity contribution in [1.29, 1.82) is 0 Å². The summed E-state index contributed by atoms with van der Waals surface area (Å²) in [5, 5.41) is 6.06. The number of primary amides is 1. The van der Waals surface area contributed by atoms with Crippen LogP contribution in [0.5, 0.6) is 11.6 Å². The molecule has 0 saturated heterocycles. The summed E-state index contributed by atoms with van der Waals surface area (Å²) >= 11 is 0. The third-order valence-corrected chi connectivity index (χ3v) is 6.50. The second-order valence-corrected chi connectivity index (χ2v) is 8.28. The molecule has 29 heavy (non-hydrogen) atoms. The molecule has 1 unspecified atom stereocenters. The van der Waals surface area contributed by atoms with Crippen LogP contribution in [0.2, 0.25) is 0 Å². The van der Waals surface area contributed by atoms with Crippen LogP contribution < -0.4 is 15.8 Å². The summed E-state index contributed by atoms with van der Waals surface area (Å²) in [6.07, 6.45) is 6.99. The first-order valence-corrected chi connectivity index (χ1v) is 10.3. The Morgan fingerprint density at radius 3 is 2.62 bits per heavy atom. The average Bonchev–Trinajstić information content (AvgIpc) is 3.37. The number of pyridine rings is 1. The van der Waals surface area contributed by atoms with Gasteiger partial charge in [0.05, 0.1) is 5.56 Å². The maximum atomic E-state index is 11.2. The molecule has 3 aromatic rings. The van der Waals surface area contributed by atoms with Crippen LogP contribution in [0, 0.1) is 11.8 Å². The number of amides is 1. The summed E-state index contributed by atoms with van der Waals surface area (Å²) in [7, 11) is 0. The lowest BCUT2D eigenvalue weighted by Gasteiger charge is -2.23. The quantitative estimate of drug-likeness (QED) is 0.657. The molecule has 3 N–H and O–H groups in total. The fraction of sp³-hybridized carbons (Fsp3) is 0.333. The number of rotatable bonds is 6. The third kappa shape index (κ3) is 3.58. The Hall–Kier alpha value is -2.92. The second kappa shape index (κ2) is 7.48. The van der Waals surface area contributed by atoms with Gasteiger partial charge < -0.3 is 15.8 Å². The van der Waals surface area contributed by atoms with Gasteiger partial charge >= 0.3 is 0 Å². The van der Waals surface area contributed by atoms with E-state index in [1.807, 2.05) is 12.1 Å². The molecular formula is C24H25N3O2. The van der Waals surface area contributed by atoms with Crippen LogP contribution in [-0.4, -0.2) is 16.9 Å². The number of ether oxygens (including phenoxy) is 1. The summed E-state index contributed by atoms with van der Waals surface area (Å²) in [6, 6.07) is 16.4. The van der Waals surface area contributed by atoms with Crippen LogP contribution in [0.1, 0.15) is 41.6 Å². The molecule has 2 bridgehead atoms. The van der Waals surface area contributed by atoms with Gasteiger partial charge in [-0.1, -0.05) is 36.8 Å². The highest BCUT2D eigenvalue weighted by molar-refractivity contribution is 5.92. The molecule has 1 aromatic heterocycles. The van der Waals surface area contributed by atoms with Gasteiger partial charge in [-0.3, -0.25) is 4.79 Å². The Morgan fingerprint density at radius 1 is 1.07 bits per heavy atom. The molecule has 0 spiro atoms. The highest BCUT2D eigenvalue weighted by atomic mass is 16.5. The first-order valence-electron chi connectivity index (χ1n) is 10.3. The van der Waals surface area contributed by atoms with Gasteiger partial charge in [-0.25, -0.2) is 4.98 Å². The minimum atomic E-state index is -0.498. The van der Waals surface area contributed by atoms with Crippen molar-refractivity contribution in [3.63, 3.8) is 0 Å². The van der Waals surface area contributed by atoms with E-state index in [1.54, 1.807) is 12.1 Å². The largest absolute Gasteiger partial charge is 0.438 e. The van der Waals surface area contributed by atoms with Crippen molar-refractivity contribution >= 4 is 16.7 Å². The highest BCUT2D eigenvalue weighted by Crippen LogP contribution is 2.44. The Balaban J connectivity index is 1.37. The van der Waals surface area contributed by atoms with Gasteiger partial charge in [0.2, 0.25) is 11.8 Å². The molecule has 5 rings (SSSR count). The SMILES string of the molecule is NC(=O)c1ccc(Oc2ccc(CN[C@H]3C[C@H]4CCC3C4)c3ccccc23)nc1. The highest BCUT2D eigenvalue weighted by Gasteiger charge is 2.39. The monoisotopic (exact) mass is 387 g/mol. The van der Waals surface area contributed by atoms with E-state index in [0.717, 1.165) is 29.5 Å². The molecule has 2 aliphatic rings. The zero-order valence-corrected chi connectivity index (χ0v) is 16.3. The molecule has 2 aromatic carbocycles. The Morgan fingerprint density at radius 2 is 1.93 bits per heavy atom. The normalized spacial score (nSPS) is 22.8. The molecule has 3 atom stereocenters. The van der Waals surface area contributed by atoms with E-state index in [1.165, 1.54) is 42.8 Å². The van der Waals surface area contributed by atoms with Crippen molar-refractivity contribution in [1.82, 2.24) is 10.3 Å². The van der Waals surface area contributed by atoms with Crippen molar-refractivity contribution in [3.8, 4) is 11.6 Å². The molecule has 2 saturated carbocycles. The summed E-state index contributed by atoms with van der Waals surface area (Å²) in [5.41, 5.74) is 6.93. The summed E-state index contributed by atoms with van der Waals surface area (Å²) in [5.74, 6) is 2.50. The van der Waals surface area contributed by atoms with Crippen molar-refractivity contribution in [2.45, 2.75) is 38.3 Å². The molecule has 0 aliphatic heterocycles. The maximum absolute atomic E-state index is 11.2. The Kier molecular flexibility index (Phi) is 4.68. The van der Waals surface area contributed by atoms with Gasteiger partial charge in [0.15, 0.2) is 0 Å². The van der Waals surface area contributed by atoms with Crippen LogP contribution in [0.25, 0.3) is 10.8 Å². The van der Waals surface area contributed by atoms with E-state index in [-0.39, 0.29) is 0 Å². The number of nitrogens with zero attached hydrogens (tertiary/aromatic N) is 1. The molecule has 5 heteroatoms. The van der Waals surface area contributed by atoms with Gasteiger partial charge in [-0.05, 0) is 54.2 Å². The van der Waals surface area contributed by atoms with E-state index < -0.39 is 5.91 Å². The number of carbonyl (C=O) groups excluding carboxylic acids is 1. The zero-order valence-electron chi connectivity index (χ0n) is 16.3. The first-order chi connectivity index (χ1) is 14.2. The smallest absolute Gasteiger partial charge is 0.250 e. The van der Waals surface area contributed by atoms with E-state index in [4.69, 9.17) is 10.5 Å². The number of nitrogens with two attached hydrogens (primary N) is 1. The molecular weight excluding hydrogens is 362 g/mol. The van der Waals surface area contributed by atoms with E-state index in [2.05, 4.69) is 34.6 Å². The standard InChI is InChI=1S/C24H25N3O2/c25-24(28)18-8-10-23(27-14-18)29-22-9-7-17(19-3-1-2-4-20(19)22)13-26-21-12-15-5-6-16(21)11-15/h1-4,7-10,14-16,21,26H,5-6,11-13H2,(H2,25,28)/t15-,16?,21-/m0/s1. The number of fused-ring (bicyclic) bond motifs is 3. The third-order valence-electron chi connectivity index (χ3n) is 6.50. The molecule has 5 nitrogen and oxygen atoms in total. The van der Waals surface area contributed by atoms with E-state index in [0.29, 0.717) is 17.5 Å². The minimum absolute atomic E-state index is 0.365. The number of hydrogen-bond donors (Lipinski definition) is 2. The number of carbonyl (C=O) groups is 1. The number of nitrogens with one attached hydrogen (secondary N) is 1. The predicted molar refractivity (Wildman–Crippen MR) is 113 cm³/mol. The van der Waals surface area contributed by atoms with Crippen LogP contribution in [-0.2, 0) is 6.54 Å². The molecule has 2 fully saturated rings. The van der Waals surface area contributed by atoms with Gasteiger partial charge in [-0.2, -0.15) is 0 Å². The Bertz CT molecular complexity index is 1050. The molecule has 2 aliphatic carbocycles. The van der Waals surface area contributed by atoms with Gasteiger partial charge in [0.25, 0.3) is 0 Å². The van der Waals surface area contributed by atoms with Gasteiger partial charge in [-0.15, -0.1) is 0 Å². The number of aromatic nitrogens is 1. The molecule has 1 heterocycles. The summed E-state index contributed by atoms with van der Waals surface area (Å²) < 4.78 is 6.02. The second-order valence-electron chi connectivity index (χ2n) is 8.28. The zero-order chi connectivity index (χ0) is 19.8. The lowest BCUT2D eigenvalue weighted by Crippen LogP contribution is -2.33. The van der Waals surface area contributed by atoms with Crippen molar-refractivity contribution in [2.75, 3.05) is 0 Å². The van der Waals surface area contributed by atoms with E-state index >= 15 is 0 Å². The molecule has 148 valence electrons. The van der Waals surface area contributed by atoms with Crippen molar-refractivity contribution in [3.05, 3.63) is 65.9 Å². The van der Waals surface area contributed by atoms with Gasteiger partial charge in [0.1, 0.15) is 5.75 Å². The predicted octanol–water partition coefficient (Wildman–Crippen LogP) is 4.40. The Labute approximate surface area is 170 Å². The number of benzene rings is 2. The minimum Gasteiger partial charge on any atom is -0.438 e. The van der Waals surface area contributed by atoms with Crippen molar-refractivity contribution in [2.24, 2.45) is 17.6 Å².